The zero-order chi connectivity index (χ0) is 21.8. The normalized spacial score (nSPS) is 13.7. The van der Waals surface area contributed by atoms with Gasteiger partial charge in [-0.25, -0.2) is 4.98 Å². The van der Waals surface area contributed by atoms with Crippen LogP contribution in [0, 0.1) is 11.3 Å². The molecule has 7 heteroatoms. The van der Waals surface area contributed by atoms with Crippen molar-refractivity contribution in [2.45, 2.75) is 6.54 Å². The Morgan fingerprint density at radius 2 is 1.78 bits per heavy atom. The number of nitriles is 1. The second-order valence-corrected chi connectivity index (χ2v) is 7.57. The molecule has 0 bridgehead atoms. The van der Waals surface area contributed by atoms with Gasteiger partial charge in [0, 0.05) is 24.7 Å². The van der Waals surface area contributed by atoms with E-state index >= 15 is 0 Å². The molecular weight excluding hydrogens is 400 g/mol. The van der Waals surface area contributed by atoms with Crippen molar-refractivity contribution >= 4 is 22.7 Å². The van der Waals surface area contributed by atoms with Crippen LogP contribution in [-0.2, 0) is 11.3 Å². The highest BCUT2D eigenvalue weighted by Crippen LogP contribution is 2.29. The summed E-state index contributed by atoms with van der Waals surface area (Å²) >= 11 is 0. The number of morpholine rings is 1. The Labute approximate surface area is 186 Å². The maximum atomic E-state index is 9.07. The number of fused-ring (bicyclic) bond motifs is 1. The van der Waals surface area contributed by atoms with E-state index < -0.39 is 0 Å². The minimum Gasteiger partial charge on any atom is -0.378 e. The SMILES string of the molecule is N#Cc1ccc(-c2ccc3c(NCc4ccccn4)nc(N4CCOCC4)nc3c2)cc1. The number of hydrogen-bond acceptors (Lipinski definition) is 7. The minimum atomic E-state index is 0.576. The molecule has 0 amide bonds. The Balaban J connectivity index is 1.54. The fraction of sp³-hybridized carbons (Fsp3) is 0.200. The second kappa shape index (κ2) is 9.00. The molecule has 3 heterocycles. The van der Waals surface area contributed by atoms with E-state index in [0.717, 1.165) is 46.6 Å². The lowest BCUT2D eigenvalue weighted by Crippen LogP contribution is -2.37. The van der Waals surface area contributed by atoms with Gasteiger partial charge in [0.15, 0.2) is 0 Å². The van der Waals surface area contributed by atoms with Crippen LogP contribution in [0.3, 0.4) is 0 Å². The standard InChI is InChI=1S/C25H22N6O/c26-16-18-4-6-19(7-5-18)20-8-9-22-23(15-20)29-25(31-11-13-32-14-12-31)30-24(22)28-17-21-3-1-2-10-27-21/h1-10,15H,11-14,17H2,(H,28,29,30). The molecule has 7 nitrogen and oxygen atoms in total. The van der Waals surface area contributed by atoms with Crippen LogP contribution in [0.1, 0.15) is 11.3 Å². The average Bonchev–Trinajstić information content (AvgIpc) is 2.88. The number of anilines is 2. The van der Waals surface area contributed by atoms with Gasteiger partial charge in [0.2, 0.25) is 5.95 Å². The molecule has 1 N–H and O–H groups in total. The highest BCUT2D eigenvalue weighted by molar-refractivity contribution is 5.93. The summed E-state index contributed by atoms with van der Waals surface area (Å²) in [7, 11) is 0. The highest BCUT2D eigenvalue weighted by atomic mass is 16.5. The molecule has 0 spiro atoms. The lowest BCUT2D eigenvalue weighted by molar-refractivity contribution is 0.122. The topological polar surface area (TPSA) is 87.0 Å². The van der Waals surface area contributed by atoms with Crippen LogP contribution in [-0.4, -0.2) is 41.3 Å². The van der Waals surface area contributed by atoms with Gasteiger partial charge < -0.3 is 15.0 Å². The second-order valence-electron chi connectivity index (χ2n) is 7.57. The summed E-state index contributed by atoms with van der Waals surface area (Å²) in [6.45, 7) is 3.45. The number of pyridine rings is 1. The van der Waals surface area contributed by atoms with Crippen molar-refractivity contribution in [2.24, 2.45) is 0 Å². The van der Waals surface area contributed by atoms with Gasteiger partial charge in [-0.2, -0.15) is 10.2 Å². The molecule has 1 fully saturated rings. The quantitative estimate of drug-likeness (QED) is 0.520. The van der Waals surface area contributed by atoms with Crippen molar-refractivity contribution in [2.75, 3.05) is 36.5 Å². The van der Waals surface area contributed by atoms with Gasteiger partial charge in [-0.15, -0.1) is 0 Å². The van der Waals surface area contributed by atoms with Crippen LogP contribution in [0.5, 0.6) is 0 Å². The van der Waals surface area contributed by atoms with Gasteiger partial charge in [-0.3, -0.25) is 4.98 Å². The molecule has 5 rings (SSSR count). The molecule has 2 aromatic carbocycles. The molecule has 0 unspecified atom stereocenters. The van der Waals surface area contributed by atoms with Crippen molar-refractivity contribution in [1.29, 1.82) is 5.26 Å². The van der Waals surface area contributed by atoms with Crippen molar-refractivity contribution < 1.29 is 4.74 Å². The summed E-state index contributed by atoms with van der Waals surface area (Å²) in [6, 6.07) is 21.8. The van der Waals surface area contributed by atoms with E-state index in [0.29, 0.717) is 31.3 Å². The maximum Gasteiger partial charge on any atom is 0.228 e. The molecule has 1 aliphatic heterocycles. The van der Waals surface area contributed by atoms with Crippen LogP contribution in [0.4, 0.5) is 11.8 Å². The fourth-order valence-electron chi connectivity index (χ4n) is 3.75. The third kappa shape index (κ3) is 4.22. The molecule has 2 aromatic heterocycles. The first kappa shape index (κ1) is 19.9. The zero-order valence-corrected chi connectivity index (χ0v) is 17.5. The molecule has 0 atom stereocenters. The molecule has 4 aromatic rings. The number of nitrogens with one attached hydrogen (secondary N) is 1. The summed E-state index contributed by atoms with van der Waals surface area (Å²) in [5.41, 5.74) is 4.55. The predicted molar refractivity (Wildman–Crippen MR) is 124 cm³/mol. The van der Waals surface area contributed by atoms with Gasteiger partial charge in [0.25, 0.3) is 0 Å². The first-order chi connectivity index (χ1) is 15.8. The average molecular weight is 422 g/mol. The van der Waals surface area contributed by atoms with Crippen LogP contribution < -0.4 is 10.2 Å². The number of nitrogens with zero attached hydrogens (tertiary/aromatic N) is 5. The van der Waals surface area contributed by atoms with E-state index in [1.165, 1.54) is 0 Å². The van der Waals surface area contributed by atoms with Crippen molar-refractivity contribution in [3.05, 3.63) is 78.1 Å². The lowest BCUT2D eigenvalue weighted by atomic mass is 10.0. The molecule has 1 saturated heterocycles. The number of benzene rings is 2. The first-order valence-corrected chi connectivity index (χ1v) is 10.6. The molecule has 0 saturated carbocycles. The van der Waals surface area contributed by atoms with E-state index in [-0.39, 0.29) is 0 Å². The number of ether oxygens (including phenoxy) is 1. The van der Waals surface area contributed by atoms with Crippen molar-refractivity contribution in [1.82, 2.24) is 15.0 Å². The van der Waals surface area contributed by atoms with E-state index in [4.69, 9.17) is 20.0 Å². The molecule has 1 aliphatic rings. The third-order valence-electron chi connectivity index (χ3n) is 5.49. The Hall–Kier alpha value is -4.02. The monoisotopic (exact) mass is 422 g/mol. The highest BCUT2D eigenvalue weighted by Gasteiger charge is 2.17. The molecule has 0 radical (unpaired) electrons. The number of aromatic nitrogens is 3. The van der Waals surface area contributed by atoms with Crippen LogP contribution in [0.2, 0.25) is 0 Å². The van der Waals surface area contributed by atoms with E-state index in [2.05, 4.69) is 33.4 Å². The summed E-state index contributed by atoms with van der Waals surface area (Å²) < 4.78 is 5.50. The molecule has 0 aliphatic carbocycles. The van der Waals surface area contributed by atoms with E-state index in [9.17, 15) is 0 Å². The number of hydrogen-bond donors (Lipinski definition) is 1. The maximum absolute atomic E-state index is 9.07. The summed E-state index contributed by atoms with van der Waals surface area (Å²) in [4.78, 5) is 16.3. The van der Waals surface area contributed by atoms with E-state index in [1.807, 2.05) is 48.5 Å². The van der Waals surface area contributed by atoms with Gasteiger partial charge >= 0.3 is 0 Å². The lowest BCUT2D eigenvalue weighted by Gasteiger charge is -2.27. The molecule has 32 heavy (non-hydrogen) atoms. The van der Waals surface area contributed by atoms with Crippen LogP contribution in [0.25, 0.3) is 22.0 Å². The van der Waals surface area contributed by atoms with Crippen molar-refractivity contribution in [3.63, 3.8) is 0 Å². The van der Waals surface area contributed by atoms with Crippen molar-refractivity contribution in [3.8, 4) is 17.2 Å². The van der Waals surface area contributed by atoms with E-state index in [1.54, 1.807) is 6.20 Å². The number of rotatable bonds is 5. The smallest absolute Gasteiger partial charge is 0.228 e. The summed E-state index contributed by atoms with van der Waals surface area (Å²) in [5, 5.41) is 13.5. The molecular formula is C25H22N6O. The minimum absolute atomic E-state index is 0.576. The Kier molecular flexibility index (Phi) is 5.60. The summed E-state index contributed by atoms with van der Waals surface area (Å²) in [5.74, 6) is 1.48. The zero-order valence-electron chi connectivity index (χ0n) is 17.5. The Morgan fingerprint density at radius 1 is 0.969 bits per heavy atom. The Morgan fingerprint density at radius 3 is 2.53 bits per heavy atom. The molecule has 158 valence electrons. The largest absolute Gasteiger partial charge is 0.378 e. The van der Waals surface area contributed by atoms with Crippen LogP contribution in [0.15, 0.2) is 66.9 Å². The fourth-order valence-corrected chi connectivity index (χ4v) is 3.75. The Bertz CT molecular complexity index is 1260. The summed E-state index contributed by atoms with van der Waals surface area (Å²) in [6.07, 6.45) is 1.79. The van der Waals surface area contributed by atoms with Gasteiger partial charge in [-0.1, -0.05) is 24.3 Å². The van der Waals surface area contributed by atoms with Gasteiger partial charge in [0.1, 0.15) is 5.82 Å². The van der Waals surface area contributed by atoms with Gasteiger partial charge in [0.05, 0.1) is 42.6 Å². The van der Waals surface area contributed by atoms with Gasteiger partial charge in [-0.05, 0) is 47.5 Å². The predicted octanol–water partition coefficient (Wildman–Crippen LogP) is 4.01. The third-order valence-corrected chi connectivity index (χ3v) is 5.49. The first-order valence-electron chi connectivity index (χ1n) is 10.6. The van der Waals surface area contributed by atoms with Crippen LogP contribution >= 0.6 is 0 Å².